The van der Waals surface area contributed by atoms with E-state index in [0.717, 1.165) is 87.7 Å². The van der Waals surface area contributed by atoms with Gasteiger partial charge in [-0.25, -0.2) is 0 Å². The Morgan fingerprint density at radius 3 is 1.33 bits per heavy atom. The van der Waals surface area contributed by atoms with Crippen molar-refractivity contribution in [3.05, 3.63) is 134 Å². The number of hydrogen-bond donors (Lipinski definition) is 0. The molecule has 0 radical (unpaired) electrons. The first-order valence-electron chi connectivity index (χ1n) is 15.9. The van der Waals surface area contributed by atoms with Crippen LogP contribution in [0.5, 0.6) is 0 Å². The fraction of sp³-hybridized carbons (Fsp3) is 0. The van der Waals surface area contributed by atoms with Crippen LogP contribution in [-0.4, -0.2) is 9.97 Å². The maximum Gasteiger partial charge on any atom is 2.00 e. The van der Waals surface area contributed by atoms with Crippen LogP contribution in [0.1, 0.15) is 0 Å². The van der Waals surface area contributed by atoms with Gasteiger partial charge in [0.25, 0.3) is 0 Å². The molecule has 6 aromatic carbocycles. The molecule has 224 valence electrons. The Kier molecular flexibility index (Phi) is 5.99. The normalized spacial score (nSPS) is 11.9. The predicted octanol–water partition coefficient (Wildman–Crippen LogP) is 10.8. The van der Waals surface area contributed by atoms with Gasteiger partial charge in [0.1, 0.15) is 22.2 Å². The number of aromatic nitrogens is 4. The maximum atomic E-state index is 5.99. The Bertz CT molecular complexity index is 3040. The van der Waals surface area contributed by atoms with E-state index in [1.54, 1.807) is 0 Å². The molecule has 6 aromatic heterocycles. The summed E-state index contributed by atoms with van der Waals surface area (Å²) in [7, 11) is 0. The summed E-state index contributed by atoms with van der Waals surface area (Å²) in [6.07, 6.45) is 3.62. The standard InChI is InChI=1S/2C21H11N2O.Zn/c2*1-2-5-15-13(4-1)14-9-7-12-8-10-16-19(18(12)20(14)23-15)21-17(24-16)6-3-11-22-21;/h2*1-11H;/q2*-1;+2. The molecule has 12 aromatic rings. The quantitative estimate of drug-likeness (QED) is 0.148. The number of hydrogen-bond acceptors (Lipinski definition) is 4. The van der Waals surface area contributed by atoms with E-state index in [2.05, 4.69) is 82.8 Å². The van der Waals surface area contributed by atoms with E-state index < -0.39 is 0 Å². The van der Waals surface area contributed by atoms with Gasteiger partial charge in [-0.15, -0.1) is 22.1 Å². The SMILES string of the molecule is [Zn+2].c1ccc2c(c1)[n-]c1c2ccc2ccc3oc4cccnc4c3c21.c1ccc2c(c1)[n-]c1c2ccc2ccc3oc4cccnc4c3c21. The summed E-state index contributed by atoms with van der Waals surface area (Å²) in [4.78, 5) is 18.9. The molecule has 0 aliphatic heterocycles. The Morgan fingerprint density at radius 2 is 0.837 bits per heavy atom. The maximum absolute atomic E-state index is 5.99. The summed E-state index contributed by atoms with van der Waals surface area (Å²) in [6.45, 7) is 0. The van der Waals surface area contributed by atoms with E-state index in [1.165, 1.54) is 21.5 Å². The van der Waals surface area contributed by atoms with E-state index in [4.69, 9.17) is 18.8 Å². The molecule has 12 rings (SSSR count). The van der Waals surface area contributed by atoms with Gasteiger partial charge in [-0.2, -0.15) is 0 Å². The average Bonchev–Trinajstić information content (AvgIpc) is 3.91. The van der Waals surface area contributed by atoms with E-state index >= 15 is 0 Å². The van der Waals surface area contributed by atoms with Crippen LogP contribution in [0.2, 0.25) is 0 Å². The first-order chi connectivity index (χ1) is 23.8. The third-order valence-electron chi connectivity index (χ3n) is 9.55. The summed E-state index contributed by atoms with van der Waals surface area (Å²) in [5, 5.41) is 11.4. The van der Waals surface area contributed by atoms with Crippen molar-refractivity contribution in [3.8, 4) is 0 Å². The predicted molar refractivity (Wildman–Crippen MR) is 195 cm³/mol. The molecule has 49 heavy (non-hydrogen) atoms. The van der Waals surface area contributed by atoms with Crippen molar-refractivity contribution in [2.45, 2.75) is 0 Å². The van der Waals surface area contributed by atoms with Crippen LogP contribution in [0.15, 0.2) is 143 Å². The molecule has 0 N–H and O–H groups in total. The molecule has 0 bridgehead atoms. The van der Waals surface area contributed by atoms with Gasteiger partial charge in [-0.05, 0) is 79.5 Å². The molecule has 0 spiro atoms. The van der Waals surface area contributed by atoms with Crippen LogP contribution in [-0.2, 0) is 19.5 Å². The number of para-hydroxylation sites is 2. The Balaban J connectivity index is 0.000000122. The first kappa shape index (κ1) is 28.0. The Morgan fingerprint density at radius 1 is 0.388 bits per heavy atom. The van der Waals surface area contributed by atoms with Crippen LogP contribution in [0.4, 0.5) is 0 Å². The number of benzene rings is 6. The molecule has 6 nitrogen and oxygen atoms in total. The molecule has 7 heteroatoms. The molecule has 0 amide bonds. The van der Waals surface area contributed by atoms with Gasteiger partial charge < -0.3 is 18.8 Å². The van der Waals surface area contributed by atoms with Gasteiger partial charge in [0, 0.05) is 12.4 Å². The summed E-state index contributed by atoms with van der Waals surface area (Å²) < 4.78 is 12.0. The first-order valence-corrected chi connectivity index (χ1v) is 15.9. The monoisotopic (exact) mass is 678 g/mol. The third kappa shape index (κ3) is 3.97. The number of nitrogens with zero attached hydrogens (tertiary/aromatic N) is 4. The van der Waals surface area contributed by atoms with Crippen molar-refractivity contribution in [3.63, 3.8) is 0 Å². The van der Waals surface area contributed by atoms with E-state index in [-0.39, 0.29) is 19.5 Å². The molecule has 0 saturated carbocycles. The Hall–Kier alpha value is -6.04. The van der Waals surface area contributed by atoms with Crippen LogP contribution >= 0.6 is 0 Å². The van der Waals surface area contributed by atoms with Crippen LogP contribution in [0.25, 0.3) is 109 Å². The zero-order valence-corrected chi connectivity index (χ0v) is 29.0. The van der Waals surface area contributed by atoms with Crippen molar-refractivity contribution >= 4 is 109 Å². The minimum atomic E-state index is 0. The van der Waals surface area contributed by atoms with Crippen molar-refractivity contribution in [1.82, 2.24) is 19.9 Å². The third-order valence-corrected chi connectivity index (χ3v) is 9.55. The molecule has 0 unspecified atom stereocenters. The van der Waals surface area contributed by atoms with Crippen molar-refractivity contribution in [1.29, 1.82) is 0 Å². The zero-order chi connectivity index (χ0) is 31.3. The minimum absolute atomic E-state index is 0. The molecule has 0 saturated heterocycles. The van der Waals surface area contributed by atoms with Crippen LogP contribution < -0.4 is 9.97 Å². The summed E-state index contributed by atoms with van der Waals surface area (Å²) in [6, 6.07) is 41.2. The molecular weight excluding hydrogens is 658 g/mol. The van der Waals surface area contributed by atoms with Crippen LogP contribution in [0, 0.1) is 0 Å². The second kappa shape index (κ2) is 10.5. The fourth-order valence-corrected chi connectivity index (χ4v) is 7.46. The smallest absolute Gasteiger partial charge is 0.656 e. The molecule has 6 heterocycles. The molecule has 0 fully saturated rings. The van der Waals surface area contributed by atoms with E-state index in [1.807, 2.05) is 60.9 Å². The van der Waals surface area contributed by atoms with Crippen LogP contribution in [0.3, 0.4) is 0 Å². The summed E-state index contributed by atoms with van der Waals surface area (Å²) >= 11 is 0. The second-order valence-electron chi connectivity index (χ2n) is 12.2. The van der Waals surface area contributed by atoms with Gasteiger partial charge in [0.2, 0.25) is 0 Å². The largest absolute Gasteiger partial charge is 2.00 e. The Labute approximate surface area is 290 Å². The van der Waals surface area contributed by atoms with E-state index in [9.17, 15) is 0 Å². The van der Waals surface area contributed by atoms with Gasteiger partial charge in [-0.1, -0.05) is 84.9 Å². The van der Waals surface area contributed by atoms with Crippen molar-refractivity contribution in [2.75, 3.05) is 0 Å². The average molecular weight is 680 g/mol. The number of furan rings is 2. The molecule has 0 aliphatic carbocycles. The number of fused-ring (bicyclic) bond motifs is 18. The summed E-state index contributed by atoms with van der Waals surface area (Å²) in [5.74, 6) is 0. The molecular formula is C42H22N4O2Zn. The van der Waals surface area contributed by atoms with Gasteiger partial charge in [0.15, 0.2) is 11.2 Å². The zero-order valence-electron chi connectivity index (χ0n) is 26.0. The van der Waals surface area contributed by atoms with Gasteiger partial charge in [-0.3, -0.25) is 9.97 Å². The molecule has 0 atom stereocenters. The van der Waals surface area contributed by atoms with Gasteiger partial charge in [0.05, 0.1) is 10.8 Å². The van der Waals surface area contributed by atoms with E-state index in [0.29, 0.717) is 0 Å². The van der Waals surface area contributed by atoms with Crippen molar-refractivity contribution < 1.29 is 28.3 Å². The topological polar surface area (TPSA) is 80.3 Å². The summed E-state index contributed by atoms with van der Waals surface area (Å²) in [5.41, 5.74) is 9.24. The van der Waals surface area contributed by atoms with Crippen molar-refractivity contribution in [2.24, 2.45) is 0 Å². The second-order valence-corrected chi connectivity index (χ2v) is 12.2. The number of pyridine rings is 2. The molecule has 0 aliphatic rings. The van der Waals surface area contributed by atoms with Gasteiger partial charge >= 0.3 is 19.5 Å². The number of rotatable bonds is 0. The fourth-order valence-electron chi connectivity index (χ4n) is 7.46. The minimum Gasteiger partial charge on any atom is -0.656 e.